The molecule has 0 radical (unpaired) electrons. The average Bonchev–Trinajstić information content (AvgIpc) is 2.21. The first kappa shape index (κ1) is 14.7. The Hall–Kier alpha value is -1.36. The SMILES string of the molecule is Cc1ccc(NC(=O)CS(=O)CC(C)C)cc1N. The van der Waals surface area contributed by atoms with Crippen LogP contribution in [-0.4, -0.2) is 21.6 Å². The van der Waals surface area contributed by atoms with E-state index in [0.29, 0.717) is 23.0 Å². The van der Waals surface area contributed by atoms with Crippen molar-refractivity contribution in [2.24, 2.45) is 5.92 Å². The van der Waals surface area contributed by atoms with E-state index in [1.165, 1.54) is 0 Å². The van der Waals surface area contributed by atoms with Crippen molar-refractivity contribution in [2.45, 2.75) is 20.8 Å². The molecule has 0 saturated carbocycles. The van der Waals surface area contributed by atoms with Crippen LogP contribution in [0.2, 0.25) is 0 Å². The molecule has 3 N–H and O–H groups in total. The molecule has 0 saturated heterocycles. The largest absolute Gasteiger partial charge is 0.398 e. The van der Waals surface area contributed by atoms with Gasteiger partial charge in [0.05, 0.1) is 0 Å². The van der Waals surface area contributed by atoms with E-state index in [1.807, 2.05) is 26.8 Å². The maximum absolute atomic E-state index is 11.7. The van der Waals surface area contributed by atoms with Crippen LogP contribution in [0.4, 0.5) is 11.4 Å². The van der Waals surface area contributed by atoms with Gasteiger partial charge < -0.3 is 11.1 Å². The Morgan fingerprint density at radius 1 is 1.44 bits per heavy atom. The van der Waals surface area contributed by atoms with Crippen LogP contribution in [0.5, 0.6) is 0 Å². The molecule has 0 aliphatic carbocycles. The summed E-state index contributed by atoms with van der Waals surface area (Å²) in [5.74, 6) is 0.668. The van der Waals surface area contributed by atoms with Gasteiger partial charge in [-0.15, -0.1) is 0 Å². The Bertz CT molecular complexity index is 458. The zero-order chi connectivity index (χ0) is 13.7. The molecule has 1 aromatic carbocycles. The molecule has 1 amide bonds. The first-order valence-electron chi connectivity index (χ1n) is 5.89. The lowest BCUT2D eigenvalue weighted by Crippen LogP contribution is -2.22. The van der Waals surface area contributed by atoms with E-state index in [1.54, 1.807) is 12.1 Å². The van der Waals surface area contributed by atoms with Crippen molar-refractivity contribution >= 4 is 28.1 Å². The highest BCUT2D eigenvalue weighted by atomic mass is 32.2. The topological polar surface area (TPSA) is 72.2 Å². The summed E-state index contributed by atoms with van der Waals surface area (Å²) in [7, 11) is -1.11. The lowest BCUT2D eigenvalue weighted by molar-refractivity contribution is -0.113. The minimum Gasteiger partial charge on any atom is -0.398 e. The molecule has 1 aromatic rings. The molecule has 0 heterocycles. The van der Waals surface area contributed by atoms with Crippen molar-refractivity contribution in [3.05, 3.63) is 23.8 Å². The number of carbonyl (C=O) groups excluding carboxylic acids is 1. The number of nitrogen functional groups attached to an aromatic ring is 1. The van der Waals surface area contributed by atoms with Crippen LogP contribution in [-0.2, 0) is 15.6 Å². The molecular formula is C13H20N2O2S. The molecule has 4 nitrogen and oxygen atoms in total. The van der Waals surface area contributed by atoms with Gasteiger partial charge in [0.1, 0.15) is 5.75 Å². The summed E-state index contributed by atoms with van der Waals surface area (Å²) >= 11 is 0. The summed E-state index contributed by atoms with van der Waals surface area (Å²) in [6.45, 7) is 5.87. The van der Waals surface area contributed by atoms with Crippen molar-refractivity contribution in [1.82, 2.24) is 0 Å². The van der Waals surface area contributed by atoms with E-state index in [0.717, 1.165) is 5.56 Å². The Labute approximate surface area is 110 Å². The second-order valence-corrected chi connectivity index (χ2v) is 6.27. The monoisotopic (exact) mass is 268 g/mol. The van der Waals surface area contributed by atoms with Crippen LogP contribution >= 0.6 is 0 Å². The number of carbonyl (C=O) groups is 1. The number of anilines is 2. The lowest BCUT2D eigenvalue weighted by atomic mass is 10.2. The predicted octanol–water partition coefficient (Wildman–Crippen LogP) is 1.92. The molecule has 0 aromatic heterocycles. The quantitative estimate of drug-likeness (QED) is 0.801. The number of hydrogen-bond acceptors (Lipinski definition) is 3. The molecule has 5 heteroatoms. The minimum atomic E-state index is -1.11. The lowest BCUT2D eigenvalue weighted by Gasteiger charge is -2.08. The number of hydrogen-bond donors (Lipinski definition) is 2. The fraction of sp³-hybridized carbons (Fsp3) is 0.462. The van der Waals surface area contributed by atoms with Crippen molar-refractivity contribution in [1.29, 1.82) is 0 Å². The van der Waals surface area contributed by atoms with Gasteiger partial charge in [0.25, 0.3) is 0 Å². The molecule has 0 fully saturated rings. The summed E-state index contributed by atoms with van der Waals surface area (Å²) in [5, 5.41) is 2.70. The van der Waals surface area contributed by atoms with Crippen LogP contribution in [0.3, 0.4) is 0 Å². The van der Waals surface area contributed by atoms with Crippen LogP contribution < -0.4 is 11.1 Å². The van der Waals surface area contributed by atoms with Crippen molar-refractivity contribution in [3.63, 3.8) is 0 Å². The van der Waals surface area contributed by atoms with E-state index in [9.17, 15) is 9.00 Å². The van der Waals surface area contributed by atoms with E-state index in [2.05, 4.69) is 5.32 Å². The van der Waals surface area contributed by atoms with Gasteiger partial charge >= 0.3 is 0 Å². The van der Waals surface area contributed by atoms with Gasteiger partial charge in [-0.2, -0.15) is 0 Å². The van der Waals surface area contributed by atoms with Crippen LogP contribution in [0.1, 0.15) is 19.4 Å². The van der Waals surface area contributed by atoms with Crippen molar-refractivity contribution in [3.8, 4) is 0 Å². The van der Waals surface area contributed by atoms with E-state index >= 15 is 0 Å². The fourth-order valence-electron chi connectivity index (χ4n) is 1.49. The Kier molecular flexibility index (Phi) is 5.34. The second kappa shape index (κ2) is 6.54. The molecule has 0 aliphatic heterocycles. The number of amides is 1. The average molecular weight is 268 g/mol. The van der Waals surface area contributed by atoms with Gasteiger partial charge in [-0.05, 0) is 30.5 Å². The van der Waals surface area contributed by atoms with Crippen LogP contribution in [0.15, 0.2) is 18.2 Å². The Balaban J connectivity index is 2.54. The highest BCUT2D eigenvalue weighted by Crippen LogP contribution is 2.16. The fourth-order valence-corrected chi connectivity index (χ4v) is 2.72. The number of aryl methyl sites for hydroxylation is 1. The molecule has 0 aliphatic rings. The second-order valence-electron chi connectivity index (χ2n) is 4.76. The molecule has 18 heavy (non-hydrogen) atoms. The van der Waals surface area contributed by atoms with E-state index in [4.69, 9.17) is 5.73 Å². The molecule has 1 rings (SSSR count). The smallest absolute Gasteiger partial charge is 0.236 e. The Morgan fingerprint density at radius 2 is 2.11 bits per heavy atom. The first-order chi connectivity index (χ1) is 8.38. The summed E-state index contributed by atoms with van der Waals surface area (Å²) in [5.41, 5.74) is 8.00. The van der Waals surface area contributed by atoms with E-state index in [-0.39, 0.29) is 11.7 Å². The van der Waals surface area contributed by atoms with Crippen molar-refractivity contribution < 1.29 is 9.00 Å². The number of nitrogens with two attached hydrogens (primary N) is 1. The van der Waals surface area contributed by atoms with Crippen molar-refractivity contribution in [2.75, 3.05) is 22.6 Å². The molecule has 1 unspecified atom stereocenters. The maximum Gasteiger partial charge on any atom is 0.236 e. The zero-order valence-corrected chi connectivity index (χ0v) is 11.8. The standard InChI is InChI=1S/C13H20N2O2S/c1-9(2)7-18(17)8-13(16)15-11-5-4-10(3)12(14)6-11/h4-6,9H,7-8,14H2,1-3H3,(H,15,16). The van der Waals surface area contributed by atoms with Gasteiger partial charge in [-0.25, -0.2) is 0 Å². The van der Waals surface area contributed by atoms with Crippen LogP contribution in [0.25, 0.3) is 0 Å². The van der Waals surface area contributed by atoms with Gasteiger partial charge in [-0.1, -0.05) is 19.9 Å². The number of benzene rings is 1. The first-order valence-corrected chi connectivity index (χ1v) is 7.38. The Morgan fingerprint density at radius 3 is 2.67 bits per heavy atom. The zero-order valence-electron chi connectivity index (χ0n) is 11.0. The molecular weight excluding hydrogens is 248 g/mol. The maximum atomic E-state index is 11.7. The van der Waals surface area contributed by atoms with E-state index < -0.39 is 10.8 Å². The summed E-state index contributed by atoms with van der Waals surface area (Å²) in [6, 6.07) is 5.34. The van der Waals surface area contributed by atoms with Gasteiger partial charge in [0.2, 0.25) is 5.91 Å². The predicted molar refractivity (Wildman–Crippen MR) is 76.9 cm³/mol. The third-order valence-corrected chi connectivity index (χ3v) is 4.00. The number of nitrogens with one attached hydrogen (secondary N) is 1. The normalized spacial score (nSPS) is 12.4. The highest BCUT2D eigenvalue weighted by Gasteiger charge is 2.10. The van der Waals surface area contributed by atoms with Gasteiger partial charge in [0, 0.05) is 27.9 Å². The summed E-state index contributed by atoms with van der Waals surface area (Å²) in [4.78, 5) is 11.7. The third kappa shape index (κ3) is 4.87. The highest BCUT2D eigenvalue weighted by molar-refractivity contribution is 7.85. The van der Waals surface area contributed by atoms with Gasteiger partial charge in [0.15, 0.2) is 0 Å². The molecule has 1 atom stereocenters. The van der Waals surface area contributed by atoms with Gasteiger partial charge in [-0.3, -0.25) is 9.00 Å². The third-order valence-electron chi connectivity index (χ3n) is 2.37. The minimum absolute atomic E-state index is 0.0337. The number of rotatable bonds is 5. The summed E-state index contributed by atoms with van der Waals surface area (Å²) < 4.78 is 11.6. The molecule has 100 valence electrons. The summed E-state index contributed by atoms with van der Waals surface area (Å²) in [6.07, 6.45) is 0. The molecule has 0 spiro atoms. The van der Waals surface area contributed by atoms with Crippen LogP contribution in [0, 0.1) is 12.8 Å². The molecule has 0 bridgehead atoms.